The minimum Gasteiger partial charge on any atom is -0.496 e. The Hall–Kier alpha value is -2.61. The first kappa shape index (κ1) is 20.7. The van der Waals surface area contributed by atoms with E-state index in [1.165, 1.54) is 0 Å². The van der Waals surface area contributed by atoms with Crippen LogP contribution in [0.5, 0.6) is 5.75 Å². The molecule has 8 nitrogen and oxygen atoms in total. The number of hydrogen-bond acceptors (Lipinski definition) is 6. The molecule has 8 heteroatoms. The van der Waals surface area contributed by atoms with Gasteiger partial charge in [-0.15, -0.1) is 0 Å². The number of para-hydroxylation sites is 1. The number of rotatable bonds is 9. The number of aromatic nitrogens is 2. The Morgan fingerprint density at radius 2 is 2.11 bits per heavy atom. The average molecular weight is 375 g/mol. The van der Waals surface area contributed by atoms with Crippen LogP contribution in [0.4, 0.5) is 0 Å². The molecule has 148 valence electrons. The van der Waals surface area contributed by atoms with Crippen molar-refractivity contribution >= 4 is 5.96 Å². The molecule has 0 aliphatic rings. The van der Waals surface area contributed by atoms with E-state index in [1.54, 1.807) is 7.11 Å². The molecule has 1 aromatic heterocycles. The molecule has 0 spiro atoms. The van der Waals surface area contributed by atoms with E-state index < -0.39 is 0 Å². The summed E-state index contributed by atoms with van der Waals surface area (Å²) in [6.07, 6.45) is -0.196. The highest BCUT2D eigenvalue weighted by Crippen LogP contribution is 2.19. The van der Waals surface area contributed by atoms with Crippen molar-refractivity contribution in [2.24, 2.45) is 4.99 Å². The highest BCUT2D eigenvalue weighted by molar-refractivity contribution is 5.79. The van der Waals surface area contributed by atoms with Crippen molar-refractivity contribution in [3.63, 3.8) is 0 Å². The lowest BCUT2D eigenvalue weighted by Crippen LogP contribution is -2.38. The summed E-state index contributed by atoms with van der Waals surface area (Å²) in [7, 11) is 3.65. The van der Waals surface area contributed by atoms with Crippen LogP contribution in [0.2, 0.25) is 0 Å². The van der Waals surface area contributed by atoms with E-state index in [-0.39, 0.29) is 6.10 Å². The van der Waals surface area contributed by atoms with Crippen molar-refractivity contribution in [1.82, 2.24) is 20.4 Å². The Kier molecular flexibility index (Phi) is 8.06. The summed E-state index contributed by atoms with van der Waals surface area (Å²) in [6, 6.07) is 7.94. The number of ether oxygens (including phenoxy) is 2. The normalized spacial score (nSPS) is 12.7. The SMILES string of the molecule is CCNC(=NCc1nc(C(C)OCC)no1)N(C)Cc1ccccc1OC. The van der Waals surface area contributed by atoms with Crippen LogP contribution in [-0.2, 0) is 17.8 Å². The van der Waals surface area contributed by atoms with E-state index in [2.05, 4.69) is 20.4 Å². The number of nitrogens with zero attached hydrogens (tertiary/aromatic N) is 4. The molecule has 0 saturated heterocycles. The Balaban J connectivity index is 2.07. The monoisotopic (exact) mass is 375 g/mol. The summed E-state index contributed by atoms with van der Waals surface area (Å²) >= 11 is 0. The lowest BCUT2D eigenvalue weighted by Gasteiger charge is -2.22. The molecule has 1 unspecified atom stereocenters. The minimum atomic E-state index is -0.196. The second-order valence-electron chi connectivity index (χ2n) is 5.98. The first-order valence-corrected chi connectivity index (χ1v) is 9.14. The summed E-state index contributed by atoms with van der Waals surface area (Å²) in [5.74, 6) is 2.60. The fourth-order valence-corrected chi connectivity index (χ4v) is 2.60. The van der Waals surface area contributed by atoms with Gasteiger partial charge < -0.3 is 24.2 Å². The van der Waals surface area contributed by atoms with Gasteiger partial charge in [0.15, 0.2) is 11.8 Å². The van der Waals surface area contributed by atoms with Gasteiger partial charge in [-0.05, 0) is 26.8 Å². The number of benzene rings is 1. The molecule has 0 saturated carbocycles. The zero-order chi connectivity index (χ0) is 19.6. The van der Waals surface area contributed by atoms with Crippen LogP contribution in [0, 0.1) is 0 Å². The summed E-state index contributed by atoms with van der Waals surface area (Å²) in [6.45, 7) is 8.17. The van der Waals surface area contributed by atoms with Gasteiger partial charge >= 0.3 is 0 Å². The van der Waals surface area contributed by atoms with E-state index in [0.29, 0.717) is 31.4 Å². The first-order valence-electron chi connectivity index (χ1n) is 9.14. The highest BCUT2D eigenvalue weighted by atomic mass is 16.5. The Labute approximate surface area is 160 Å². The van der Waals surface area contributed by atoms with Crippen molar-refractivity contribution in [2.45, 2.75) is 40.0 Å². The number of methoxy groups -OCH3 is 1. The summed E-state index contributed by atoms with van der Waals surface area (Å²) < 4.78 is 16.2. The lowest BCUT2D eigenvalue weighted by atomic mass is 10.2. The van der Waals surface area contributed by atoms with Crippen molar-refractivity contribution in [2.75, 3.05) is 27.3 Å². The molecule has 0 fully saturated rings. The Morgan fingerprint density at radius 3 is 2.81 bits per heavy atom. The quantitative estimate of drug-likeness (QED) is 0.533. The smallest absolute Gasteiger partial charge is 0.248 e. The van der Waals surface area contributed by atoms with Gasteiger partial charge in [0.1, 0.15) is 18.4 Å². The van der Waals surface area contributed by atoms with Gasteiger partial charge in [-0.1, -0.05) is 23.4 Å². The van der Waals surface area contributed by atoms with Crippen LogP contribution in [0.1, 0.15) is 44.2 Å². The third-order valence-electron chi connectivity index (χ3n) is 3.92. The van der Waals surface area contributed by atoms with Gasteiger partial charge in [-0.25, -0.2) is 4.99 Å². The standard InChI is InChI=1S/C19H29N5O3/c1-6-20-19(24(4)13-15-10-8-9-11-16(15)25-5)21-12-17-22-18(23-27-17)14(3)26-7-2/h8-11,14H,6-7,12-13H2,1-5H3,(H,20,21). The van der Waals surface area contributed by atoms with E-state index in [4.69, 9.17) is 14.0 Å². The molecular weight excluding hydrogens is 346 g/mol. The molecule has 0 bridgehead atoms. The molecule has 1 aromatic carbocycles. The van der Waals surface area contributed by atoms with E-state index >= 15 is 0 Å². The van der Waals surface area contributed by atoms with Gasteiger partial charge in [0.2, 0.25) is 5.89 Å². The predicted molar refractivity (Wildman–Crippen MR) is 104 cm³/mol. The third kappa shape index (κ3) is 5.96. The Morgan fingerprint density at radius 1 is 1.33 bits per heavy atom. The van der Waals surface area contributed by atoms with Gasteiger partial charge in [0, 0.05) is 32.3 Å². The summed E-state index contributed by atoms with van der Waals surface area (Å²) in [4.78, 5) is 11.0. The van der Waals surface area contributed by atoms with Gasteiger partial charge in [-0.2, -0.15) is 4.98 Å². The lowest BCUT2D eigenvalue weighted by molar-refractivity contribution is 0.0683. The van der Waals surface area contributed by atoms with Crippen molar-refractivity contribution in [3.05, 3.63) is 41.5 Å². The number of aliphatic imine (C=N–C) groups is 1. The molecule has 0 aliphatic carbocycles. The van der Waals surface area contributed by atoms with Crippen molar-refractivity contribution in [1.29, 1.82) is 0 Å². The van der Waals surface area contributed by atoms with Gasteiger partial charge in [0.25, 0.3) is 0 Å². The van der Waals surface area contributed by atoms with Crippen LogP contribution >= 0.6 is 0 Å². The summed E-state index contributed by atoms with van der Waals surface area (Å²) in [5.41, 5.74) is 1.08. The fraction of sp³-hybridized carbons (Fsp3) is 0.526. The fourth-order valence-electron chi connectivity index (χ4n) is 2.60. The van der Waals surface area contributed by atoms with E-state index in [0.717, 1.165) is 23.8 Å². The van der Waals surface area contributed by atoms with Crippen LogP contribution in [0.15, 0.2) is 33.8 Å². The zero-order valence-corrected chi connectivity index (χ0v) is 16.7. The second kappa shape index (κ2) is 10.5. The molecule has 1 atom stereocenters. The van der Waals surface area contributed by atoms with Crippen LogP contribution in [-0.4, -0.2) is 48.3 Å². The molecule has 27 heavy (non-hydrogen) atoms. The highest BCUT2D eigenvalue weighted by Gasteiger charge is 2.14. The third-order valence-corrected chi connectivity index (χ3v) is 3.92. The predicted octanol–water partition coefficient (Wildman–Crippen LogP) is 2.77. The molecule has 1 N–H and O–H groups in total. The van der Waals surface area contributed by atoms with Crippen LogP contribution < -0.4 is 10.1 Å². The molecule has 0 amide bonds. The molecule has 2 rings (SSSR count). The van der Waals surface area contributed by atoms with Crippen molar-refractivity contribution < 1.29 is 14.0 Å². The van der Waals surface area contributed by atoms with E-state index in [1.807, 2.05) is 57.0 Å². The topological polar surface area (TPSA) is 85.0 Å². The molecule has 0 radical (unpaired) electrons. The first-order chi connectivity index (χ1) is 13.1. The maximum absolute atomic E-state index is 5.48. The average Bonchev–Trinajstić information content (AvgIpc) is 3.15. The van der Waals surface area contributed by atoms with Crippen molar-refractivity contribution in [3.8, 4) is 5.75 Å². The van der Waals surface area contributed by atoms with Gasteiger partial charge in [-0.3, -0.25) is 0 Å². The number of nitrogens with one attached hydrogen (secondary N) is 1. The number of hydrogen-bond donors (Lipinski definition) is 1. The summed E-state index contributed by atoms with van der Waals surface area (Å²) in [5, 5.41) is 7.24. The van der Waals surface area contributed by atoms with E-state index in [9.17, 15) is 0 Å². The zero-order valence-electron chi connectivity index (χ0n) is 16.7. The Bertz CT molecular complexity index is 732. The largest absolute Gasteiger partial charge is 0.496 e. The molecule has 0 aliphatic heterocycles. The van der Waals surface area contributed by atoms with Gasteiger partial charge in [0.05, 0.1) is 7.11 Å². The molecule has 1 heterocycles. The maximum Gasteiger partial charge on any atom is 0.248 e. The number of guanidine groups is 1. The second-order valence-corrected chi connectivity index (χ2v) is 5.98. The molecular formula is C19H29N5O3. The van der Waals surface area contributed by atoms with Crippen LogP contribution in [0.3, 0.4) is 0 Å². The minimum absolute atomic E-state index is 0.196. The maximum atomic E-state index is 5.48. The molecule has 2 aromatic rings. The van der Waals surface area contributed by atoms with Crippen LogP contribution in [0.25, 0.3) is 0 Å².